The van der Waals surface area contributed by atoms with Crippen molar-refractivity contribution in [2.45, 2.75) is 39.0 Å². The van der Waals surface area contributed by atoms with E-state index in [1.165, 1.54) is 11.3 Å². The number of hydrogen-bond acceptors (Lipinski definition) is 3. The molecule has 0 saturated carbocycles. The largest absolute Gasteiger partial charge is 0.496 e. The van der Waals surface area contributed by atoms with Crippen molar-refractivity contribution in [2.75, 3.05) is 31.3 Å². The summed E-state index contributed by atoms with van der Waals surface area (Å²) < 4.78 is 6.68. The summed E-state index contributed by atoms with van der Waals surface area (Å²) in [4.78, 5) is 0. The summed E-state index contributed by atoms with van der Waals surface area (Å²) in [5.74, 6) is 0.890. The van der Waals surface area contributed by atoms with E-state index >= 15 is 0 Å². The molecule has 0 aromatic heterocycles. The third-order valence-electron chi connectivity index (χ3n) is 5.16. The summed E-state index contributed by atoms with van der Waals surface area (Å²) in [6.45, 7) is 7.56. The Morgan fingerprint density at radius 1 is 1.15 bits per heavy atom. The normalized spacial score (nSPS) is 13.4. The second kappa shape index (κ2) is 9.84. The van der Waals surface area contributed by atoms with Crippen LogP contribution in [0.4, 0.5) is 11.4 Å². The second-order valence-corrected chi connectivity index (χ2v) is 7.86. The van der Waals surface area contributed by atoms with Crippen molar-refractivity contribution in [3.05, 3.63) is 58.1 Å². The summed E-state index contributed by atoms with van der Waals surface area (Å²) in [6, 6.07) is 12.7. The predicted molar refractivity (Wildman–Crippen MR) is 122 cm³/mol. The highest BCUT2D eigenvalue weighted by molar-refractivity contribution is 9.10. The smallest absolute Gasteiger partial charge is 0.128 e. The van der Waals surface area contributed by atoms with Crippen molar-refractivity contribution in [1.82, 2.24) is 0 Å². The molecule has 1 unspecified atom stereocenters. The van der Waals surface area contributed by atoms with Crippen molar-refractivity contribution >= 4 is 33.4 Å². The average molecular weight is 431 g/mol. The maximum atomic E-state index is 5.57. The molecule has 0 saturated heterocycles. The van der Waals surface area contributed by atoms with Crippen molar-refractivity contribution in [2.24, 2.45) is 0 Å². The van der Waals surface area contributed by atoms with Gasteiger partial charge in [0, 0.05) is 41.1 Å². The fraction of sp³-hybridized carbons (Fsp3) is 0.391. The predicted octanol–water partition coefficient (Wildman–Crippen LogP) is 6.70. The fourth-order valence-electron chi connectivity index (χ4n) is 3.29. The number of allylic oxidation sites excluding steroid dienone is 1. The Kier molecular flexibility index (Phi) is 7.78. The first-order valence-electron chi connectivity index (χ1n) is 9.53. The van der Waals surface area contributed by atoms with E-state index in [9.17, 15) is 0 Å². The Labute approximate surface area is 172 Å². The Balaban J connectivity index is 2.26. The molecule has 2 aromatic carbocycles. The zero-order valence-electron chi connectivity index (χ0n) is 17.0. The molecular formula is C23H31BrN2O. The Morgan fingerprint density at radius 2 is 1.93 bits per heavy atom. The average Bonchev–Trinajstić information content (AvgIpc) is 2.68. The summed E-state index contributed by atoms with van der Waals surface area (Å²) in [7, 11) is 3.70. The lowest BCUT2D eigenvalue weighted by molar-refractivity contribution is 0.414. The number of benzene rings is 2. The molecule has 146 valence electrons. The SMILES string of the molecule is CCNc1ccc(/C=C/CC(C)(CC)c2cc(Br)ccc2NC)c(OC)c1. The maximum absolute atomic E-state index is 5.57. The van der Waals surface area contributed by atoms with E-state index in [4.69, 9.17) is 4.74 Å². The van der Waals surface area contributed by atoms with Crippen LogP contribution in [0.2, 0.25) is 0 Å². The Hall–Kier alpha value is -1.94. The molecule has 0 spiro atoms. The van der Waals surface area contributed by atoms with E-state index in [-0.39, 0.29) is 5.41 Å². The molecule has 3 nitrogen and oxygen atoms in total. The monoisotopic (exact) mass is 430 g/mol. The van der Waals surface area contributed by atoms with Gasteiger partial charge in [0.15, 0.2) is 0 Å². The van der Waals surface area contributed by atoms with Crippen molar-refractivity contribution in [3.8, 4) is 5.75 Å². The molecule has 0 heterocycles. The molecule has 2 rings (SSSR count). The zero-order chi connectivity index (χ0) is 19.9. The van der Waals surface area contributed by atoms with Gasteiger partial charge in [-0.15, -0.1) is 0 Å². The van der Waals surface area contributed by atoms with Gasteiger partial charge in [0.05, 0.1) is 7.11 Å². The molecule has 0 aliphatic heterocycles. The Morgan fingerprint density at radius 3 is 2.56 bits per heavy atom. The highest BCUT2D eigenvalue weighted by atomic mass is 79.9. The topological polar surface area (TPSA) is 33.3 Å². The summed E-state index contributed by atoms with van der Waals surface area (Å²) in [6.07, 6.45) is 6.43. The third kappa shape index (κ3) is 5.29. The van der Waals surface area contributed by atoms with Crippen LogP contribution in [-0.4, -0.2) is 20.7 Å². The summed E-state index contributed by atoms with van der Waals surface area (Å²) in [5.41, 5.74) is 4.75. The molecule has 27 heavy (non-hydrogen) atoms. The molecule has 0 amide bonds. The van der Waals surface area contributed by atoms with E-state index in [2.05, 4.69) is 95.9 Å². The molecule has 2 N–H and O–H groups in total. The lowest BCUT2D eigenvalue weighted by Gasteiger charge is -2.30. The molecule has 2 aromatic rings. The highest BCUT2D eigenvalue weighted by Gasteiger charge is 2.26. The van der Waals surface area contributed by atoms with Gasteiger partial charge in [0.2, 0.25) is 0 Å². The van der Waals surface area contributed by atoms with E-state index in [1.54, 1.807) is 7.11 Å². The van der Waals surface area contributed by atoms with Crippen molar-refractivity contribution in [1.29, 1.82) is 0 Å². The van der Waals surface area contributed by atoms with Crippen LogP contribution in [0, 0.1) is 0 Å². The highest BCUT2D eigenvalue weighted by Crippen LogP contribution is 2.38. The maximum Gasteiger partial charge on any atom is 0.128 e. The van der Waals surface area contributed by atoms with Gasteiger partial charge in [-0.3, -0.25) is 0 Å². The van der Waals surface area contributed by atoms with Crippen LogP contribution >= 0.6 is 15.9 Å². The number of rotatable bonds is 9. The number of nitrogens with one attached hydrogen (secondary N) is 2. The van der Waals surface area contributed by atoms with Gasteiger partial charge in [-0.25, -0.2) is 0 Å². The van der Waals surface area contributed by atoms with Crippen LogP contribution in [0.1, 0.15) is 44.7 Å². The van der Waals surface area contributed by atoms with Gasteiger partial charge in [-0.1, -0.05) is 41.9 Å². The van der Waals surface area contributed by atoms with E-state index in [0.717, 1.165) is 40.9 Å². The number of ether oxygens (including phenoxy) is 1. The second-order valence-electron chi connectivity index (χ2n) is 6.95. The summed E-state index contributed by atoms with van der Waals surface area (Å²) >= 11 is 3.62. The van der Waals surface area contributed by atoms with Gasteiger partial charge in [0.1, 0.15) is 5.75 Å². The first kappa shape index (κ1) is 21.4. The van der Waals surface area contributed by atoms with E-state index < -0.39 is 0 Å². The zero-order valence-corrected chi connectivity index (χ0v) is 18.6. The van der Waals surface area contributed by atoms with Crippen LogP contribution < -0.4 is 15.4 Å². The quantitative estimate of drug-likeness (QED) is 0.463. The molecule has 0 fully saturated rings. The molecule has 0 radical (unpaired) electrons. The minimum absolute atomic E-state index is 0.0512. The van der Waals surface area contributed by atoms with E-state index in [1.807, 2.05) is 7.05 Å². The molecule has 0 aliphatic carbocycles. The molecule has 4 heteroatoms. The molecule has 0 bridgehead atoms. The molecular weight excluding hydrogens is 400 g/mol. The fourth-order valence-corrected chi connectivity index (χ4v) is 3.65. The van der Waals surface area contributed by atoms with E-state index in [0.29, 0.717) is 0 Å². The van der Waals surface area contributed by atoms with Crippen molar-refractivity contribution in [3.63, 3.8) is 0 Å². The van der Waals surface area contributed by atoms with Crippen molar-refractivity contribution < 1.29 is 4.74 Å². The van der Waals surface area contributed by atoms with Crippen LogP contribution in [0.3, 0.4) is 0 Å². The number of hydrogen-bond donors (Lipinski definition) is 2. The van der Waals surface area contributed by atoms with Crippen LogP contribution in [0.15, 0.2) is 46.9 Å². The third-order valence-corrected chi connectivity index (χ3v) is 5.65. The minimum Gasteiger partial charge on any atom is -0.496 e. The number of halogens is 1. The molecule has 1 atom stereocenters. The van der Waals surface area contributed by atoms with Gasteiger partial charge >= 0.3 is 0 Å². The lowest BCUT2D eigenvalue weighted by atomic mass is 9.76. The van der Waals surface area contributed by atoms with Crippen LogP contribution in [0.25, 0.3) is 6.08 Å². The van der Waals surface area contributed by atoms with Gasteiger partial charge in [-0.05, 0) is 61.1 Å². The molecule has 0 aliphatic rings. The Bertz CT molecular complexity index is 788. The minimum atomic E-state index is 0.0512. The first-order chi connectivity index (χ1) is 13.0. The van der Waals surface area contributed by atoms with Gasteiger partial charge < -0.3 is 15.4 Å². The first-order valence-corrected chi connectivity index (χ1v) is 10.3. The number of methoxy groups -OCH3 is 1. The van der Waals surface area contributed by atoms with Gasteiger partial charge in [-0.2, -0.15) is 0 Å². The van der Waals surface area contributed by atoms with Crippen LogP contribution in [0.5, 0.6) is 5.75 Å². The standard InChI is InChI=1S/C23H31BrN2O/c1-6-23(3,20-15-18(24)11-13-21(20)25-4)14-8-9-17-10-12-19(26-7-2)16-22(17)27-5/h8-13,15-16,25-26H,6-7,14H2,1-5H3/b9-8+. The summed E-state index contributed by atoms with van der Waals surface area (Å²) in [5, 5.41) is 6.66. The van der Waals surface area contributed by atoms with Gasteiger partial charge in [0.25, 0.3) is 0 Å². The number of anilines is 2. The lowest BCUT2D eigenvalue weighted by Crippen LogP contribution is -2.21. The van der Waals surface area contributed by atoms with Crippen LogP contribution in [-0.2, 0) is 5.41 Å².